The van der Waals surface area contributed by atoms with Gasteiger partial charge in [0.15, 0.2) is 6.10 Å². The van der Waals surface area contributed by atoms with E-state index in [1.165, 1.54) is 116 Å². The molecular formula is C66H112O6. The highest BCUT2D eigenvalue weighted by Crippen LogP contribution is 2.16. The van der Waals surface area contributed by atoms with E-state index in [1.54, 1.807) is 0 Å². The maximum absolute atomic E-state index is 12.8. The molecule has 0 spiro atoms. The zero-order valence-electron chi connectivity index (χ0n) is 47.2. The molecule has 0 aromatic carbocycles. The minimum absolute atomic E-state index is 0.0854. The summed E-state index contributed by atoms with van der Waals surface area (Å²) < 4.78 is 16.8. The van der Waals surface area contributed by atoms with E-state index in [0.717, 1.165) is 128 Å². The molecule has 412 valence electrons. The van der Waals surface area contributed by atoms with Gasteiger partial charge in [0, 0.05) is 19.3 Å². The van der Waals surface area contributed by atoms with Crippen molar-refractivity contribution >= 4 is 17.9 Å². The highest BCUT2D eigenvalue weighted by atomic mass is 16.6. The van der Waals surface area contributed by atoms with E-state index < -0.39 is 6.10 Å². The number of unbranched alkanes of at least 4 members (excludes halogenated alkanes) is 27. The molecular weight excluding hydrogens is 889 g/mol. The van der Waals surface area contributed by atoms with Crippen LogP contribution in [0.3, 0.4) is 0 Å². The number of esters is 3. The molecule has 6 nitrogen and oxygen atoms in total. The minimum atomic E-state index is -0.788. The van der Waals surface area contributed by atoms with Crippen molar-refractivity contribution in [3.05, 3.63) is 97.2 Å². The molecule has 0 radical (unpaired) electrons. The lowest BCUT2D eigenvalue weighted by molar-refractivity contribution is -0.167. The van der Waals surface area contributed by atoms with Crippen LogP contribution >= 0.6 is 0 Å². The van der Waals surface area contributed by atoms with Crippen molar-refractivity contribution in [1.29, 1.82) is 0 Å². The lowest BCUT2D eigenvalue weighted by atomic mass is 10.0. The van der Waals surface area contributed by atoms with Crippen LogP contribution in [-0.2, 0) is 28.6 Å². The van der Waals surface area contributed by atoms with E-state index in [-0.39, 0.29) is 31.1 Å². The fourth-order valence-electron chi connectivity index (χ4n) is 8.27. The molecule has 0 saturated carbocycles. The third-order valence-corrected chi connectivity index (χ3v) is 12.8. The van der Waals surface area contributed by atoms with Gasteiger partial charge in [-0.25, -0.2) is 0 Å². The average Bonchev–Trinajstić information content (AvgIpc) is 3.38. The Hall–Kier alpha value is -3.67. The molecule has 0 rings (SSSR count). The van der Waals surface area contributed by atoms with Crippen LogP contribution in [0.4, 0.5) is 0 Å². The van der Waals surface area contributed by atoms with Crippen molar-refractivity contribution in [3.63, 3.8) is 0 Å². The molecule has 6 heteroatoms. The van der Waals surface area contributed by atoms with Gasteiger partial charge in [-0.05, 0) is 116 Å². The number of hydrogen-bond donors (Lipinski definition) is 0. The predicted octanol–water partition coefficient (Wildman–Crippen LogP) is 20.5. The summed E-state index contributed by atoms with van der Waals surface area (Å²) >= 11 is 0. The molecule has 0 heterocycles. The van der Waals surface area contributed by atoms with E-state index in [9.17, 15) is 14.4 Å². The van der Waals surface area contributed by atoms with Crippen LogP contribution < -0.4 is 0 Å². The monoisotopic (exact) mass is 1000 g/mol. The number of rotatable bonds is 54. The van der Waals surface area contributed by atoms with Crippen molar-refractivity contribution in [1.82, 2.24) is 0 Å². The Morgan fingerprint density at radius 2 is 0.569 bits per heavy atom. The van der Waals surface area contributed by atoms with Gasteiger partial charge in [0.1, 0.15) is 13.2 Å². The summed E-state index contributed by atoms with van der Waals surface area (Å²) in [6.07, 6.45) is 79.9. The highest BCUT2D eigenvalue weighted by Gasteiger charge is 2.19. The van der Waals surface area contributed by atoms with Gasteiger partial charge >= 0.3 is 17.9 Å². The van der Waals surface area contributed by atoms with Crippen molar-refractivity contribution in [3.8, 4) is 0 Å². The zero-order chi connectivity index (χ0) is 52.2. The molecule has 0 bridgehead atoms. The topological polar surface area (TPSA) is 78.9 Å². The molecule has 0 aromatic heterocycles. The van der Waals surface area contributed by atoms with E-state index in [1.807, 2.05) is 0 Å². The number of allylic oxidation sites excluding steroid dienone is 16. The van der Waals surface area contributed by atoms with E-state index in [4.69, 9.17) is 14.2 Å². The third kappa shape index (κ3) is 57.2. The Kier molecular flexibility index (Phi) is 56.8. The average molecular weight is 1000 g/mol. The van der Waals surface area contributed by atoms with Gasteiger partial charge in [0.2, 0.25) is 0 Å². The molecule has 0 N–H and O–H groups in total. The first-order chi connectivity index (χ1) is 35.5. The van der Waals surface area contributed by atoms with Crippen molar-refractivity contribution in [2.24, 2.45) is 0 Å². The van der Waals surface area contributed by atoms with E-state index in [2.05, 4.69) is 118 Å². The van der Waals surface area contributed by atoms with Crippen LogP contribution in [0.1, 0.15) is 284 Å². The molecule has 0 aromatic rings. The molecule has 0 aliphatic carbocycles. The number of hydrogen-bond acceptors (Lipinski definition) is 6. The first kappa shape index (κ1) is 68.3. The first-order valence-corrected chi connectivity index (χ1v) is 30.2. The Balaban J connectivity index is 4.21. The Morgan fingerprint density at radius 3 is 0.917 bits per heavy atom. The Morgan fingerprint density at radius 1 is 0.292 bits per heavy atom. The summed E-state index contributed by atoms with van der Waals surface area (Å²) in [6.45, 7) is 6.43. The molecule has 1 unspecified atom stereocenters. The van der Waals surface area contributed by atoms with Crippen molar-refractivity contribution in [2.45, 2.75) is 290 Å². The minimum Gasteiger partial charge on any atom is -0.462 e. The van der Waals surface area contributed by atoms with Gasteiger partial charge in [0.25, 0.3) is 0 Å². The summed E-state index contributed by atoms with van der Waals surface area (Å²) in [7, 11) is 0. The quantitative estimate of drug-likeness (QED) is 0.0261. The SMILES string of the molecule is CC/C=C\C/C=C\C/C=C\C/C=C\C/C=C\CCCCCCCCCCCCCCCC(=O)OCC(COC(=O)CCCCCCC/C=C\CCCCC)OC(=O)CCCCCCC/C=C\C/C=C\CCC. The van der Waals surface area contributed by atoms with Crippen LogP contribution in [0.15, 0.2) is 97.2 Å². The maximum atomic E-state index is 12.8. The van der Waals surface area contributed by atoms with Crippen LogP contribution in [0.5, 0.6) is 0 Å². The number of carbonyl (C=O) groups excluding carboxylic acids is 3. The molecule has 0 saturated heterocycles. The van der Waals surface area contributed by atoms with Gasteiger partial charge in [-0.1, -0.05) is 246 Å². The Bertz CT molecular complexity index is 1430. The molecule has 72 heavy (non-hydrogen) atoms. The standard InChI is InChI=1S/C66H112O6/c1-4-7-10-13-16-19-22-25-26-27-28-29-30-31-32-33-34-35-36-37-38-39-40-42-44-47-50-53-56-59-65(68)71-62-63(61-70-64(67)58-55-52-49-46-43-24-21-18-15-12-9-6-3)72-66(69)60-57-54-51-48-45-41-23-20-17-14-11-8-5-2/h7,10-11,14,16,18-21,23,25-26,28-29,31-32,63H,4-6,8-9,12-13,15,17,22,24,27,30,33-62H2,1-3H3/b10-7-,14-11-,19-16-,21-18-,23-20-,26-25-,29-28-,32-31-. The second-order valence-corrected chi connectivity index (χ2v) is 19.9. The summed E-state index contributed by atoms with van der Waals surface area (Å²) in [5.41, 5.74) is 0. The molecule has 0 aliphatic heterocycles. The largest absolute Gasteiger partial charge is 0.462 e. The summed E-state index contributed by atoms with van der Waals surface area (Å²) in [6, 6.07) is 0. The summed E-state index contributed by atoms with van der Waals surface area (Å²) in [4.78, 5) is 38.1. The lowest BCUT2D eigenvalue weighted by Crippen LogP contribution is -2.30. The van der Waals surface area contributed by atoms with Crippen LogP contribution in [-0.4, -0.2) is 37.2 Å². The van der Waals surface area contributed by atoms with Gasteiger partial charge in [-0.3, -0.25) is 14.4 Å². The maximum Gasteiger partial charge on any atom is 0.306 e. The Labute approximate surface area is 445 Å². The van der Waals surface area contributed by atoms with E-state index in [0.29, 0.717) is 19.3 Å². The second-order valence-electron chi connectivity index (χ2n) is 19.9. The summed E-state index contributed by atoms with van der Waals surface area (Å²) in [5, 5.41) is 0. The van der Waals surface area contributed by atoms with Crippen molar-refractivity contribution < 1.29 is 28.6 Å². The van der Waals surface area contributed by atoms with E-state index >= 15 is 0 Å². The fourth-order valence-corrected chi connectivity index (χ4v) is 8.27. The smallest absolute Gasteiger partial charge is 0.306 e. The van der Waals surface area contributed by atoms with Crippen LogP contribution in [0.2, 0.25) is 0 Å². The highest BCUT2D eigenvalue weighted by molar-refractivity contribution is 5.71. The van der Waals surface area contributed by atoms with Gasteiger partial charge < -0.3 is 14.2 Å². The lowest BCUT2D eigenvalue weighted by Gasteiger charge is -2.18. The fraction of sp³-hybridized carbons (Fsp3) is 0.712. The first-order valence-electron chi connectivity index (χ1n) is 30.2. The molecule has 0 aliphatic rings. The van der Waals surface area contributed by atoms with Crippen LogP contribution in [0.25, 0.3) is 0 Å². The molecule has 1 atom stereocenters. The zero-order valence-corrected chi connectivity index (χ0v) is 47.2. The van der Waals surface area contributed by atoms with Gasteiger partial charge in [-0.15, -0.1) is 0 Å². The van der Waals surface area contributed by atoms with Gasteiger partial charge in [-0.2, -0.15) is 0 Å². The normalized spacial score (nSPS) is 12.8. The van der Waals surface area contributed by atoms with Gasteiger partial charge in [0.05, 0.1) is 0 Å². The summed E-state index contributed by atoms with van der Waals surface area (Å²) in [5.74, 6) is -0.906. The number of ether oxygens (including phenoxy) is 3. The van der Waals surface area contributed by atoms with Crippen molar-refractivity contribution in [2.75, 3.05) is 13.2 Å². The number of carbonyl (C=O) groups is 3. The third-order valence-electron chi connectivity index (χ3n) is 12.8. The predicted molar refractivity (Wildman–Crippen MR) is 311 cm³/mol. The van der Waals surface area contributed by atoms with Crippen LogP contribution in [0, 0.1) is 0 Å². The second kappa shape index (κ2) is 59.9. The molecule has 0 fully saturated rings. The molecule has 0 amide bonds.